The van der Waals surface area contributed by atoms with Crippen molar-refractivity contribution in [3.8, 4) is 0 Å². The summed E-state index contributed by atoms with van der Waals surface area (Å²) in [5, 5.41) is 4.78. The summed E-state index contributed by atoms with van der Waals surface area (Å²) in [6, 6.07) is 11.4. The van der Waals surface area contributed by atoms with E-state index in [9.17, 15) is 0 Å². The van der Waals surface area contributed by atoms with E-state index in [0.29, 0.717) is 12.0 Å². The minimum Gasteiger partial charge on any atom is -0.356 e. The Balaban J connectivity index is 1.91. The Morgan fingerprint density at radius 2 is 2.05 bits per heavy atom. The van der Waals surface area contributed by atoms with Crippen LogP contribution in [0.2, 0.25) is 0 Å². The van der Waals surface area contributed by atoms with E-state index in [2.05, 4.69) is 61.4 Å². The molecule has 0 saturated heterocycles. The van der Waals surface area contributed by atoms with Gasteiger partial charge in [0.1, 0.15) is 5.82 Å². The zero-order valence-electron chi connectivity index (χ0n) is 13.3. The van der Waals surface area contributed by atoms with Crippen molar-refractivity contribution in [2.75, 3.05) is 18.5 Å². The molecule has 1 aromatic carbocycles. The number of aromatic nitrogens is 1. The molecule has 1 saturated carbocycles. The number of benzene rings is 1. The molecule has 1 aliphatic carbocycles. The van der Waals surface area contributed by atoms with E-state index in [0.717, 1.165) is 24.4 Å². The van der Waals surface area contributed by atoms with Gasteiger partial charge in [-0.2, -0.15) is 0 Å². The van der Waals surface area contributed by atoms with Gasteiger partial charge in [0.15, 0.2) is 0 Å². The Hall–Kier alpha value is -1.61. The van der Waals surface area contributed by atoms with Crippen LogP contribution < -0.4 is 10.2 Å². The molecular formula is C18H25N3. The van der Waals surface area contributed by atoms with Crippen LogP contribution in [0.15, 0.2) is 30.3 Å². The number of fused-ring (bicyclic) bond motifs is 1. The number of anilines is 1. The molecule has 0 spiro atoms. The number of nitrogens with zero attached hydrogens (tertiary/aromatic N) is 2. The van der Waals surface area contributed by atoms with Gasteiger partial charge in [0, 0.05) is 30.6 Å². The van der Waals surface area contributed by atoms with Crippen LogP contribution in [0.25, 0.3) is 10.9 Å². The second-order valence-electron chi connectivity index (χ2n) is 6.53. The van der Waals surface area contributed by atoms with Crippen molar-refractivity contribution in [3.05, 3.63) is 35.9 Å². The fourth-order valence-electron chi connectivity index (χ4n) is 2.72. The van der Waals surface area contributed by atoms with Crippen LogP contribution in [0.1, 0.15) is 32.3 Å². The molecule has 2 aromatic rings. The highest BCUT2D eigenvalue weighted by Crippen LogP contribution is 2.32. The molecule has 0 unspecified atom stereocenters. The summed E-state index contributed by atoms with van der Waals surface area (Å²) in [7, 11) is 2.18. The van der Waals surface area contributed by atoms with Crippen LogP contribution in [-0.4, -0.2) is 24.6 Å². The summed E-state index contributed by atoms with van der Waals surface area (Å²) in [5.74, 6) is 1.82. The van der Waals surface area contributed by atoms with Crippen LogP contribution >= 0.6 is 0 Å². The van der Waals surface area contributed by atoms with Gasteiger partial charge in [-0.1, -0.05) is 32.0 Å². The van der Waals surface area contributed by atoms with Gasteiger partial charge in [-0.3, -0.25) is 0 Å². The predicted octanol–water partition coefficient (Wildman–Crippen LogP) is 3.58. The summed E-state index contributed by atoms with van der Waals surface area (Å²) < 4.78 is 0. The van der Waals surface area contributed by atoms with Gasteiger partial charge >= 0.3 is 0 Å². The summed E-state index contributed by atoms with van der Waals surface area (Å²) in [6.07, 6.45) is 2.59. The summed E-state index contributed by atoms with van der Waals surface area (Å²) >= 11 is 0. The molecule has 1 N–H and O–H groups in total. The van der Waals surface area contributed by atoms with Crippen molar-refractivity contribution in [1.29, 1.82) is 0 Å². The molecule has 1 heterocycles. The largest absolute Gasteiger partial charge is 0.356 e. The lowest BCUT2D eigenvalue weighted by molar-refractivity contribution is 0.552. The third-order valence-electron chi connectivity index (χ3n) is 4.08. The molecular weight excluding hydrogens is 258 g/mol. The molecule has 0 aliphatic heterocycles. The van der Waals surface area contributed by atoms with E-state index in [1.165, 1.54) is 23.8 Å². The number of hydrogen-bond acceptors (Lipinski definition) is 3. The summed E-state index contributed by atoms with van der Waals surface area (Å²) in [5.41, 5.74) is 2.40. The Kier molecular flexibility index (Phi) is 4.11. The van der Waals surface area contributed by atoms with Gasteiger partial charge in [0.05, 0.1) is 5.52 Å². The van der Waals surface area contributed by atoms with Gasteiger partial charge in [0.2, 0.25) is 0 Å². The number of hydrogen-bond donors (Lipinski definition) is 1. The lowest BCUT2D eigenvalue weighted by atomic mass is 10.1. The molecule has 3 rings (SSSR count). The van der Waals surface area contributed by atoms with E-state index in [1.807, 2.05) is 0 Å². The van der Waals surface area contributed by atoms with Crippen molar-refractivity contribution in [2.45, 2.75) is 39.3 Å². The molecule has 0 atom stereocenters. The molecule has 1 aromatic heterocycles. The van der Waals surface area contributed by atoms with Gasteiger partial charge < -0.3 is 10.2 Å². The highest BCUT2D eigenvalue weighted by molar-refractivity contribution is 5.81. The molecule has 0 amide bonds. The first-order valence-electron chi connectivity index (χ1n) is 7.97. The maximum absolute atomic E-state index is 4.92. The zero-order valence-corrected chi connectivity index (χ0v) is 13.3. The molecule has 0 radical (unpaired) electrons. The molecule has 3 heteroatoms. The fraction of sp³-hybridized carbons (Fsp3) is 0.500. The van der Waals surface area contributed by atoms with Crippen molar-refractivity contribution in [1.82, 2.24) is 10.3 Å². The lowest BCUT2D eigenvalue weighted by Gasteiger charge is -2.22. The van der Waals surface area contributed by atoms with Crippen molar-refractivity contribution < 1.29 is 0 Å². The second-order valence-corrected chi connectivity index (χ2v) is 6.53. The van der Waals surface area contributed by atoms with Crippen molar-refractivity contribution in [2.24, 2.45) is 5.92 Å². The first kappa shape index (κ1) is 14.3. The maximum atomic E-state index is 4.92. The normalized spacial score (nSPS) is 14.9. The van der Waals surface area contributed by atoms with Crippen LogP contribution in [0.5, 0.6) is 0 Å². The summed E-state index contributed by atoms with van der Waals surface area (Å²) in [6.45, 7) is 6.41. The molecule has 112 valence electrons. The van der Waals surface area contributed by atoms with E-state index >= 15 is 0 Å². The first-order valence-corrected chi connectivity index (χ1v) is 7.97. The Labute approximate surface area is 127 Å². The van der Waals surface area contributed by atoms with E-state index in [-0.39, 0.29) is 0 Å². The number of rotatable bonds is 6. The minimum absolute atomic E-state index is 0.669. The number of para-hydroxylation sites is 1. The second kappa shape index (κ2) is 6.02. The van der Waals surface area contributed by atoms with Crippen LogP contribution in [0, 0.1) is 5.92 Å². The summed E-state index contributed by atoms with van der Waals surface area (Å²) in [4.78, 5) is 7.28. The van der Waals surface area contributed by atoms with E-state index in [4.69, 9.17) is 4.98 Å². The topological polar surface area (TPSA) is 28.2 Å². The monoisotopic (exact) mass is 283 g/mol. The van der Waals surface area contributed by atoms with Crippen molar-refractivity contribution in [3.63, 3.8) is 0 Å². The Morgan fingerprint density at radius 1 is 1.29 bits per heavy atom. The van der Waals surface area contributed by atoms with Gasteiger partial charge in [0.25, 0.3) is 0 Å². The van der Waals surface area contributed by atoms with E-state index < -0.39 is 0 Å². The van der Waals surface area contributed by atoms with E-state index in [1.54, 1.807) is 0 Å². The smallest absolute Gasteiger partial charge is 0.133 e. The number of pyridine rings is 1. The van der Waals surface area contributed by atoms with Gasteiger partial charge in [-0.15, -0.1) is 0 Å². The van der Waals surface area contributed by atoms with Gasteiger partial charge in [-0.25, -0.2) is 4.98 Å². The first-order chi connectivity index (χ1) is 10.1. The molecule has 1 fully saturated rings. The highest BCUT2D eigenvalue weighted by atomic mass is 15.2. The van der Waals surface area contributed by atoms with Crippen LogP contribution in [0.3, 0.4) is 0 Å². The average molecular weight is 283 g/mol. The molecule has 21 heavy (non-hydrogen) atoms. The third kappa shape index (κ3) is 3.35. The molecule has 0 bridgehead atoms. The standard InChI is InChI=1S/C18H25N3/c1-13(2)11-19-12-15-10-14-6-4-5-7-17(14)20-18(15)21(3)16-8-9-16/h4-7,10,13,16,19H,8-9,11-12H2,1-3H3. The highest BCUT2D eigenvalue weighted by Gasteiger charge is 2.28. The van der Waals surface area contributed by atoms with Gasteiger partial charge in [-0.05, 0) is 37.4 Å². The van der Waals surface area contributed by atoms with Crippen molar-refractivity contribution >= 4 is 16.7 Å². The Bertz CT molecular complexity index is 617. The van der Waals surface area contributed by atoms with Crippen LogP contribution in [-0.2, 0) is 6.54 Å². The molecule has 3 nitrogen and oxygen atoms in total. The lowest BCUT2D eigenvalue weighted by Crippen LogP contribution is -2.25. The average Bonchev–Trinajstić information content (AvgIpc) is 3.30. The predicted molar refractivity (Wildman–Crippen MR) is 89.7 cm³/mol. The number of nitrogens with one attached hydrogen (secondary N) is 1. The quantitative estimate of drug-likeness (QED) is 0.878. The SMILES string of the molecule is CC(C)CNCc1cc2ccccc2nc1N(C)C1CC1. The third-order valence-corrected chi connectivity index (χ3v) is 4.08. The molecule has 1 aliphatic rings. The minimum atomic E-state index is 0.669. The Morgan fingerprint density at radius 3 is 2.76 bits per heavy atom. The zero-order chi connectivity index (χ0) is 14.8. The maximum Gasteiger partial charge on any atom is 0.133 e. The fourth-order valence-corrected chi connectivity index (χ4v) is 2.72. The van der Waals surface area contributed by atoms with Crippen LogP contribution in [0.4, 0.5) is 5.82 Å².